The quantitative estimate of drug-likeness (QED) is 0.671. The fourth-order valence-corrected chi connectivity index (χ4v) is 1.91. The molecule has 3 heteroatoms. The highest BCUT2D eigenvalue weighted by Crippen LogP contribution is 2.11. The van der Waals surface area contributed by atoms with Crippen molar-refractivity contribution < 1.29 is 9.53 Å². The van der Waals surface area contributed by atoms with Crippen molar-refractivity contribution in [2.45, 2.75) is 79.0 Å². The molecule has 0 radical (unpaired) electrons. The highest BCUT2D eigenvalue weighted by Gasteiger charge is 2.17. The second-order valence-corrected chi connectivity index (χ2v) is 6.12. The van der Waals surface area contributed by atoms with Gasteiger partial charge in [0, 0.05) is 18.5 Å². The van der Waals surface area contributed by atoms with Crippen molar-refractivity contribution in [2.24, 2.45) is 0 Å². The van der Waals surface area contributed by atoms with E-state index in [1.54, 1.807) is 0 Å². The summed E-state index contributed by atoms with van der Waals surface area (Å²) in [6, 6.07) is 1.04. The van der Waals surface area contributed by atoms with Crippen LogP contribution in [0.25, 0.3) is 0 Å². The molecule has 0 aliphatic heterocycles. The van der Waals surface area contributed by atoms with Crippen LogP contribution in [-0.2, 0) is 9.53 Å². The molecule has 0 saturated carbocycles. The van der Waals surface area contributed by atoms with Crippen molar-refractivity contribution in [3.63, 3.8) is 0 Å². The summed E-state index contributed by atoms with van der Waals surface area (Å²) in [4.78, 5) is 13.9. The Morgan fingerprint density at radius 1 is 1.12 bits per heavy atom. The molecule has 0 aromatic heterocycles. The SMILES string of the molecule is CC(C)N(CCCC(=O)OC(C)(C)C)C(C)C. The van der Waals surface area contributed by atoms with Crippen molar-refractivity contribution in [3.05, 3.63) is 0 Å². The molecular weight excluding hydrogens is 214 g/mol. The first-order valence-corrected chi connectivity index (χ1v) is 6.61. The van der Waals surface area contributed by atoms with E-state index in [1.165, 1.54) is 0 Å². The van der Waals surface area contributed by atoms with Crippen molar-refractivity contribution in [1.82, 2.24) is 4.90 Å². The topological polar surface area (TPSA) is 29.5 Å². The highest BCUT2D eigenvalue weighted by molar-refractivity contribution is 5.69. The third-order valence-corrected chi connectivity index (χ3v) is 2.54. The van der Waals surface area contributed by atoms with Gasteiger partial charge in [-0.05, 0) is 61.4 Å². The van der Waals surface area contributed by atoms with Crippen LogP contribution in [0.4, 0.5) is 0 Å². The average Bonchev–Trinajstić information content (AvgIpc) is 2.07. The Hall–Kier alpha value is -0.570. The lowest BCUT2D eigenvalue weighted by atomic mass is 10.2. The van der Waals surface area contributed by atoms with Gasteiger partial charge in [-0.1, -0.05) is 0 Å². The number of hydrogen-bond acceptors (Lipinski definition) is 3. The van der Waals surface area contributed by atoms with E-state index < -0.39 is 0 Å². The highest BCUT2D eigenvalue weighted by atomic mass is 16.6. The Balaban J connectivity index is 3.93. The number of esters is 1. The first kappa shape index (κ1) is 16.4. The lowest BCUT2D eigenvalue weighted by Crippen LogP contribution is -2.38. The fraction of sp³-hybridized carbons (Fsp3) is 0.929. The minimum Gasteiger partial charge on any atom is -0.460 e. The molecule has 17 heavy (non-hydrogen) atoms. The van der Waals surface area contributed by atoms with Crippen LogP contribution >= 0.6 is 0 Å². The Kier molecular flexibility index (Phi) is 6.76. The van der Waals surface area contributed by atoms with Gasteiger partial charge in [-0.2, -0.15) is 0 Å². The number of nitrogens with zero attached hydrogens (tertiary/aromatic N) is 1. The molecule has 0 fully saturated rings. The molecule has 0 amide bonds. The summed E-state index contributed by atoms with van der Waals surface area (Å²) in [5, 5.41) is 0. The maximum atomic E-state index is 11.5. The molecule has 0 atom stereocenters. The summed E-state index contributed by atoms with van der Waals surface area (Å²) in [7, 11) is 0. The number of hydrogen-bond donors (Lipinski definition) is 0. The first-order valence-electron chi connectivity index (χ1n) is 6.61. The summed E-state index contributed by atoms with van der Waals surface area (Å²) in [5.41, 5.74) is -0.368. The Morgan fingerprint density at radius 2 is 1.59 bits per heavy atom. The molecule has 102 valence electrons. The van der Waals surface area contributed by atoms with Gasteiger partial charge in [0.05, 0.1) is 0 Å². The van der Waals surface area contributed by atoms with Gasteiger partial charge in [0.15, 0.2) is 0 Å². The molecular formula is C14H29NO2. The Bertz CT molecular complexity index is 221. The first-order chi connectivity index (χ1) is 7.63. The van der Waals surface area contributed by atoms with Gasteiger partial charge in [0.25, 0.3) is 0 Å². The number of ether oxygens (including phenoxy) is 1. The van der Waals surface area contributed by atoms with Crippen LogP contribution < -0.4 is 0 Å². The van der Waals surface area contributed by atoms with Crippen molar-refractivity contribution in [1.29, 1.82) is 0 Å². The normalized spacial score (nSPS) is 12.6. The van der Waals surface area contributed by atoms with Crippen LogP contribution in [0.5, 0.6) is 0 Å². The molecule has 0 rings (SSSR count). The maximum absolute atomic E-state index is 11.5. The van der Waals surface area contributed by atoms with Gasteiger partial charge in [0.2, 0.25) is 0 Å². The van der Waals surface area contributed by atoms with Crippen LogP contribution in [0.3, 0.4) is 0 Å². The van der Waals surface area contributed by atoms with Crippen LogP contribution in [0.2, 0.25) is 0 Å². The molecule has 0 bridgehead atoms. The standard InChI is InChI=1S/C14H29NO2/c1-11(2)15(12(3)4)10-8-9-13(16)17-14(5,6)7/h11-12H,8-10H2,1-7H3. The van der Waals surface area contributed by atoms with Crippen LogP contribution in [0.15, 0.2) is 0 Å². The van der Waals surface area contributed by atoms with Gasteiger partial charge in [-0.3, -0.25) is 9.69 Å². The number of rotatable bonds is 6. The molecule has 0 unspecified atom stereocenters. The average molecular weight is 243 g/mol. The van der Waals surface area contributed by atoms with Gasteiger partial charge >= 0.3 is 5.97 Å². The van der Waals surface area contributed by atoms with Crippen molar-refractivity contribution in [3.8, 4) is 0 Å². The summed E-state index contributed by atoms with van der Waals surface area (Å²) in [6.45, 7) is 15.4. The number of carbonyl (C=O) groups is 1. The van der Waals surface area contributed by atoms with Gasteiger partial charge in [-0.15, -0.1) is 0 Å². The van der Waals surface area contributed by atoms with E-state index in [9.17, 15) is 4.79 Å². The molecule has 0 aromatic carbocycles. The third kappa shape index (κ3) is 8.19. The predicted octanol–water partition coefficient (Wildman–Crippen LogP) is 3.23. The third-order valence-electron chi connectivity index (χ3n) is 2.54. The minimum atomic E-state index is -0.368. The fourth-order valence-electron chi connectivity index (χ4n) is 1.91. The van der Waals surface area contributed by atoms with Gasteiger partial charge in [0.1, 0.15) is 5.60 Å². The zero-order chi connectivity index (χ0) is 13.6. The number of carbonyl (C=O) groups excluding carboxylic acids is 1. The van der Waals surface area contributed by atoms with Crippen LogP contribution in [0, 0.1) is 0 Å². The van der Waals surface area contributed by atoms with Crippen LogP contribution in [-0.4, -0.2) is 35.1 Å². The molecule has 3 nitrogen and oxygen atoms in total. The molecule has 0 saturated heterocycles. The zero-order valence-electron chi connectivity index (χ0n) is 12.5. The molecule has 0 spiro atoms. The van der Waals surface area contributed by atoms with E-state index in [0.717, 1.165) is 13.0 Å². The summed E-state index contributed by atoms with van der Waals surface area (Å²) >= 11 is 0. The Morgan fingerprint density at radius 3 is 1.94 bits per heavy atom. The minimum absolute atomic E-state index is 0.0926. The molecule has 0 N–H and O–H groups in total. The van der Waals surface area contributed by atoms with E-state index in [1.807, 2.05) is 20.8 Å². The second-order valence-electron chi connectivity index (χ2n) is 6.12. The molecule has 0 aliphatic rings. The molecule has 0 aromatic rings. The van der Waals surface area contributed by atoms with E-state index in [0.29, 0.717) is 18.5 Å². The molecule has 0 aliphatic carbocycles. The zero-order valence-corrected chi connectivity index (χ0v) is 12.5. The van der Waals surface area contributed by atoms with Gasteiger partial charge in [-0.25, -0.2) is 0 Å². The Labute approximate surface area is 107 Å². The van der Waals surface area contributed by atoms with Gasteiger partial charge < -0.3 is 4.74 Å². The smallest absolute Gasteiger partial charge is 0.306 e. The van der Waals surface area contributed by atoms with Crippen molar-refractivity contribution in [2.75, 3.05) is 6.54 Å². The van der Waals surface area contributed by atoms with E-state index in [-0.39, 0.29) is 11.6 Å². The molecule has 0 heterocycles. The largest absolute Gasteiger partial charge is 0.460 e. The van der Waals surface area contributed by atoms with E-state index >= 15 is 0 Å². The monoisotopic (exact) mass is 243 g/mol. The summed E-state index contributed by atoms with van der Waals surface area (Å²) in [6.07, 6.45) is 1.37. The maximum Gasteiger partial charge on any atom is 0.306 e. The predicted molar refractivity (Wildman–Crippen MR) is 72.1 cm³/mol. The van der Waals surface area contributed by atoms with E-state index in [4.69, 9.17) is 4.74 Å². The van der Waals surface area contributed by atoms with E-state index in [2.05, 4.69) is 32.6 Å². The second kappa shape index (κ2) is 7.00. The van der Waals surface area contributed by atoms with Crippen LogP contribution in [0.1, 0.15) is 61.3 Å². The lowest BCUT2D eigenvalue weighted by molar-refractivity contribution is -0.155. The summed E-state index contributed by atoms with van der Waals surface area (Å²) in [5.74, 6) is -0.0926. The lowest BCUT2D eigenvalue weighted by Gasteiger charge is -2.30. The van der Waals surface area contributed by atoms with Crippen molar-refractivity contribution >= 4 is 5.97 Å². The summed E-state index contributed by atoms with van der Waals surface area (Å²) < 4.78 is 5.28.